The van der Waals surface area contributed by atoms with Gasteiger partial charge in [0, 0.05) is 0 Å². The molecule has 0 radical (unpaired) electrons. The molecule has 0 saturated heterocycles. The maximum Gasteiger partial charge on any atom is 0.499 e. The van der Waals surface area contributed by atoms with Crippen molar-refractivity contribution in [2.45, 2.75) is 58.5 Å². The van der Waals surface area contributed by atoms with Gasteiger partial charge in [-0.3, -0.25) is 0 Å². The first-order valence-corrected chi connectivity index (χ1v) is 14.4. The molecular weight excluding hydrogens is 511 g/mol. The van der Waals surface area contributed by atoms with E-state index in [0.29, 0.717) is 20.8 Å². The van der Waals surface area contributed by atoms with Crippen LogP contribution in [0.2, 0.25) is 18.1 Å². The summed E-state index contributed by atoms with van der Waals surface area (Å²) in [6.45, 7) is 2.08. The van der Waals surface area contributed by atoms with Gasteiger partial charge in [0.1, 0.15) is 8.07 Å². The summed E-state index contributed by atoms with van der Waals surface area (Å²) >= 11 is 0. The number of sulfone groups is 3. The second kappa shape index (κ2) is 6.72. The predicted octanol–water partition coefficient (Wildman–Crippen LogP) is 3.49. The summed E-state index contributed by atoms with van der Waals surface area (Å²) in [5.41, 5.74) is -21.3. The molecule has 6 nitrogen and oxygen atoms in total. The third kappa shape index (κ3) is 3.48. The van der Waals surface area contributed by atoms with Crippen LogP contribution in [0, 0.1) is 0 Å². The van der Waals surface area contributed by atoms with Crippen LogP contribution in [0.3, 0.4) is 0 Å². The Labute approximate surface area is 161 Å². The Morgan fingerprint density at radius 2 is 0.690 bits per heavy atom. The normalized spacial score (nSPS) is 16.8. The van der Waals surface area contributed by atoms with Crippen molar-refractivity contribution in [2.24, 2.45) is 0 Å². The molecule has 0 amide bonds. The Hall–Kier alpha value is -0.563. The molecule has 0 bridgehead atoms. The minimum Gasteiger partial charge on any atom is -0.217 e. The van der Waals surface area contributed by atoms with Crippen LogP contribution < -0.4 is 0 Å². The number of hydrogen-bond acceptors (Lipinski definition) is 6. The summed E-state index contributed by atoms with van der Waals surface area (Å²) in [6.07, 6.45) is 0. The summed E-state index contributed by atoms with van der Waals surface area (Å²) in [6, 6.07) is 0. The maximum absolute atomic E-state index is 13.3. The number of rotatable bonds is 4. The lowest BCUT2D eigenvalue weighted by atomic mass is 10.2. The lowest BCUT2D eigenvalue weighted by Gasteiger charge is -2.49. The van der Waals surface area contributed by atoms with Crippen LogP contribution >= 0.6 is 0 Å². The minimum absolute atomic E-state index is 0.0862. The monoisotopic (exact) mass is 526 g/mol. The van der Waals surface area contributed by atoms with E-state index in [9.17, 15) is 64.8 Å². The topological polar surface area (TPSA) is 102 Å². The largest absolute Gasteiger partial charge is 0.499 e. The molecule has 0 aliphatic heterocycles. The van der Waals surface area contributed by atoms with Crippen molar-refractivity contribution in [3.05, 3.63) is 0 Å². The second-order valence-corrected chi connectivity index (χ2v) is 20.9. The van der Waals surface area contributed by atoms with Gasteiger partial charge in [-0.25, -0.2) is 25.3 Å². The third-order valence-corrected chi connectivity index (χ3v) is 24.8. The van der Waals surface area contributed by atoms with Gasteiger partial charge in [-0.05, 0) is 5.04 Å². The van der Waals surface area contributed by atoms with E-state index in [0.717, 1.165) is 0 Å². The fourth-order valence-electron chi connectivity index (χ4n) is 2.36. The molecule has 0 fully saturated rings. The standard InChI is InChI=1S/C10H15F9O6S3Si/c1-6(2,3)29(4,5)10(26(20,21)7(11,12)13,27(22,23)8(14,15)16)28(24,25)9(17,18)19/h1-5H3. The Morgan fingerprint density at radius 1 is 0.517 bits per heavy atom. The fraction of sp³-hybridized carbons (Fsp3) is 1.00. The molecule has 176 valence electrons. The Balaban J connectivity index is 8.68. The van der Waals surface area contributed by atoms with E-state index in [2.05, 4.69) is 0 Å². The van der Waals surface area contributed by atoms with Crippen molar-refractivity contribution in [2.75, 3.05) is 0 Å². The van der Waals surface area contributed by atoms with Crippen LogP contribution in [0.15, 0.2) is 0 Å². The highest BCUT2D eigenvalue weighted by molar-refractivity contribution is 8.29. The first-order valence-electron chi connectivity index (χ1n) is 6.93. The summed E-state index contributed by atoms with van der Waals surface area (Å²) < 4.78 is 186. The molecular formula is C10H15F9O6S3Si. The Morgan fingerprint density at radius 3 is 0.793 bits per heavy atom. The van der Waals surface area contributed by atoms with Crippen LogP contribution in [0.1, 0.15) is 20.8 Å². The number of hydrogen-bond donors (Lipinski definition) is 0. The van der Waals surface area contributed by atoms with Gasteiger partial charge in [0.15, 0.2) is 0 Å². The van der Waals surface area contributed by atoms with Gasteiger partial charge in [0.25, 0.3) is 32.5 Å². The molecule has 0 heterocycles. The molecule has 0 aromatic rings. The fourth-order valence-corrected chi connectivity index (χ4v) is 21.2. The lowest BCUT2D eigenvalue weighted by Crippen LogP contribution is -2.76. The molecule has 0 aliphatic rings. The van der Waals surface area contributed by atoms with E-state index in [1.165, 1.54) is 0 Å². The summed E-state index contributed by atoms with van der Waals surface area (Å²) in [7, 11) is -30.4. The van der Waals surface area contributed by atoms with Gasteiger partial charge in [0.2, 0.25) is 0 Å². The van der Waals surface area contributed by atoms with Gasteiger partial charge in [-0.2, -0.15) is 39.5 Å². The van der Waals surface area contributed by atoms with Gasteiger partial charge in [-0.15, -0.1) is 0 Å². The molecule has 0 atom stereocenters. The van der Waals surface area contributed by atoms with Gasteiger partial charge in [-0.1, -0.05) is 33.9 Å². The molecule has 29 heavy (non-hydrogen) atoms. The zero-order chi connectivity index (χ0) is 24.5. The zero-order valence-corrected chi connectivity index (χ0v) is 18.5. The molecule has 0 unspecified atom stereocenters. The molecule has 0 aliphatic carbocycles. The molecule has 19 heteroatoms. The van der Waals surface area contributed by atoms with Gasteiger partial charge in [0.05, 0.1) is 0 Å². The van der Waals surface area contributed by atoms with Crippen LogP contribution in [0.25, 0.3) is 0 Å². The Kier molecular flexibility index (Phi) is 6.59. The zero-order valence-electron chi connectivity index (χ0n) is 15.1. The third-order valence-electron chi connectivity index (χ3n) is 4.62. The molecule has 0 aromatic heterocycles. The van der Waals surface area contributed by atoms with E-state index >= 15 is 0 Å². The van der Waals surface area contributed by atoms with Crippen LogP contribution in [-0.2, 0) is 29.5 Å². The Bertz CT molecular complexity index is 857. The highest BCUT2D eigenvalue weighted by Crippen LogP contribution is 2.60. The summed E-state index contributed by atoms with van der Waals surface area (Å²) in [5, 5.41) is -2.35. The van der Waals surface area contributed by atoms with E-state index in [1.807, 2.05) is 0 Å². The molecule has 0 saturated carbocycles. The molecule has 0 N–H and O–H groups in total. The second-order valence-electron chi connectivity index (χ2n) is 7.28. The SMILES string of the molecule is CC(C)(C)[Si](C)(C)C(S(=O)(=O)C(F)(F)F)(S(=O)(=O)C(F)(F)F)S(=O)(=O)C(F)(F)F. The van der Waals surface area contributed by atoms with Crippen molar-refractivity contribution in [3.8, 4) is 0 Å². The highest BCUT2D eigenvalue weighted by atomic mass is 32.3. The van der Waals surface area contributed by atoms with Crippen LogP contribution in [0.5, 0.6) is 0 Å². The van der Waals surface area contributed by atoms with Crippen molar-refractivity contribution < 1.29 is 64.8 Å². The van der Waals surface area contributed by atoms with E-state index < -0.39 is 62.2 Å². The quantitative estimate of drug-likeness (QED) is 0.411. The summed E-state index contributed by atoms with van der Waals surface area (Å²) in [5.74, 6) is 0. The van der Waals surface area contributed by atoms with E-state index in [-0.39, 0.29) is 13.1 Å². The van der Waals surface area contributed by atoms with Gasteiger partial charge < -0.3 is 0 Å². The lowest BCUT2D eigenvalue weighted by molar-refractivity contribution is -0.0501. The minimum atomic E-state index is -8.18. The smallest absolute Gasteiger partial charge is 0.217 e. The van der Waals surface area contributed by atoms with Crippen LogP contribution in [0.4, 0.5) is 39.5 Å². The van der Waals surface area contributed by atoms with Crippen molar-refractivity contribution in [3.63, 3.8) is 0 Å². The number of alkyl halides is 9. The van der Waals surface area contributed by atoms with Crippen molar-refractivity contribution in [1.82, 2.24) is 0 Å². The average molecular weight is 526 g/mol. The molecule has 0 rings (SSSR count). The number of halogens is 9. The molecule has 0 spiro atoms. The van der Waals surface area contributed by atoms with Crippen molar-refractivity contribution in [1.29, 1.82) is 0 Å². The first-order chi connectivity index (χ1) is 12.0. The van der Waals surface area contributed by atoms with Gasteiger partial charge >= 0.3 is 16.5 Å². The maximum atomic E-state index is 13.3. The summed E-state index contributed by atoms with van der Waals surface area (Å²) in [4.78, 5) is 0. The molecule has 0 aromatic carbocycles. The van der Waals surface area contributed by atoms with E-state index in [1.54, 1.807) is 0 Å². The van der Waals surface area contributed by atoms with Crippen molar-refractivity contribution >= 4 is 37.6 Å². The highest BCUT2D eigenvalue weighted by Gasteiger charge is 2.89. The van der Waals surface area contributed by atoms with E-state index in [4.69, 9.17) is 0 Å². The van der Waals surface area contributed by atoms with Crippen LogP contribution in [-0.4, -0.2) is 52.9 Å². The first kappa shape index (κ1) is 28.4. The predicted molar refractivity (Wildman–Crippen MR) is 84.9 cm³/mol. The average Bonchev–Trinajstić information content (AvgIpc) is 2.31.